The highest BCUT2D eigenvalue weighted by Gasteiger charge is 2.28. The Morgan fingerprint density at radius 2 is 2.17 bits per heavy atom. The number of nitrogens with one attached hydrogen (secondary N) is 1. The molecule has 1 aromatic heterocycles. The summed E-state index contributed by atoms with van der Waals surface area (Å²) in [7, 11) is 0. The molecule has 134 valence electrons. The maximum atomic E-state index is 12.1. The number of aryl methyl sites for hydroxylation is 1. The molecule has 1 atom stereocenters. The first-order valence-electron chi connectivity index (χ1n) is 8.55. The Balaban J connectivity index is 1.50. The van der Waals surface area contributed by atoms with Gasteiger partial charge in [0, 0.05) is 51.5 Å². The third-order valence-corrected chi connectivity index (χ3v) is 4.59. The highest BCUT2D eigenvalue weighted by Crippen LogP contribution is 2.17. The van der Waals surface area contributed by atoms with Crippen molar-refractivity contribution in [1.82, 2.24) is 15.0 Å². The Morgan fingerprint density at radius 3 is 2.88 bits per heavy atom. The summed E-state index contributed by atoms with van der Waals surface area (Å²) in [6.45, 7) is 6.39. The quantitative estimate of drug-likeness (QED) is 0.803. The van der Waals surface area contributed by atoms with E-state index in [9.17, 15) is 9.90 Å². The standard InChI is InChI=1S/C16H26N4O4/c1-12-8-15(18-24-12)17-16(22)11-19-4-5-20(10-14(21)9-19)13-2-6-23-7-3-13/h8,13-14,21H,2-7,9-11H2,1H3,(H,17,18,22)/t14-/m1/s1. The lowest BCUT2D eigenvalue weighted by atomic mass is 10.1. The van der Waals surface area contributed by atoms with Gasteiger partial charge in [-0.1, -0.05) is 5.16 Å². The van der Waals surface area contributed by atoms with Crippen molar-refractivity contribution in [2.24, 2.45) is 0 Å². The van der Waals surface area contributed by atoms with Gasteiger partial charge in [0.15, 0.2) is 5.82 Å². The minimum Gasteiger partial charge on any atom is -0.390 e. The van der Waals surface area contributed by atoms with Gasteiger partial charge in [-0.05, 0) is 19.8 Å². The first-order valence-corrected chi connectivity index (χ1v) is 8.55. The third kappa shape index (κ3) is 4.76. The summed E-state index contributed by atoms with van der Waals surface area (Å²) in [5.74, 6) is 0.939. The molecule has 0 saturated carbocycles. The molecule has 2 N–H and O–H groups in total. The Labute approximate surface area is 141 Å². The minimum absolute atomic E-state index is 0.144. The van der Waals surface area contributed by atoms with Crippen LogP contribution in [-0.2, 0) is 9.53 Å². The first-order chi connectivity index (χ1) is 11.6. The fourth-order valence-corrected chi connectivity index (χ4v) is 3.42. The zero-order chi connectivity index (χ0) is 16.9. The average molecular weight is 338 g/mol. The van der Waals surface area contributed by atoms with Crippen molar-refractivity contribution in [2.45, 2.75) is 31.9 Å². The van der Waals surface area contributed by atoms with E-state index in [1.165, 1.54) is 0 Å². The van der Waals surface area contributed by atoms with Crippen LogP contribution >= 0.6 is 0 Å². The van der Waals surface area contributed by atoms with Gasteiger partial charge in [0.2, 0.25) is 5.91 Å². The second-order valence-electron chi connectivity index (χ2n) is 6.60. The molecule has 0 spiro atoms. The molecule has 0 radical (unpaired) electrons. The van der Waals surface area contributed by atoms with Gasteiger partial charge in [-0.15, -0.1) is 0 Å². The summed E-state index contributed by atoms with van der Waals surface area (Å²) in [5.41, 5.74) is 0. The number of carbonyl (C=O) groups is 1. The SMILES string of the molecule is Cc1cc(NC(=O)CN2CCN(C3CCOCC3)C[C@H](O)C2)no1. The molecule has 3 rings (SSSR count). The molecule has 2 saturated heterocycles. The summed E-state index contributed by atoms with van der Waals surface area (Å²) in [6, 6.07) is 2.16. The van der Waals surface area contributed by atoms with E-state index in [4.69, 9.17) is 9.26 Å². The molecule has 2 aliphatic rings. The molecular formula is C16H26N4O4. The summed E-state index contributed by atoms with van der Waals surface area (Å²) < 4.78 is 10.4. The first kappa shape index (κ1) is 17.3. The Morgan fingerprint density at radius 1 is 1.38 bits per heavy atom. The van der Waals surface area contributed by atoms with E-state index in [1.807, 2.05) is 4.90 Å². The molecule has 8 nitrogen and oxygen atoms in total. The Kier molecular flexibility index (Phi) is 5.83. The number of β-amino-alcohol motifs (C(OH)–C–C–N with tert-alkyl or cyclic N) is 1. The van der Waals surface area contributed by atoms with Crippen molar-refractivity contribution in [3.05, 3.63) is 11.8 Å². The van der Waals surface area contributed by atoms with Gasteiger partial charge in [-0.2, -0.15) is 0 Å². The molecule has 3 heterocycles. The van der Waals surface area contributed by atoms with Crippen LogP contribution in [-0.4, -0.2) is 84.1 Å². The van der Waals surface area contributed by atoms with Crippen LogP contribution in [0.1, 0.15) is 18.6 Å². The number of hydrogen-bond acceptors (Lipinski definition) is 7. The number of aliphatic hydroxyl groups is 1. The maximum absolute atomic E-state index is 12.1. The molecule has 1 aromatic rings. The number of hydrogen-bond donors (Lipinski definition) is 2. The van der Waals surface area contributed by atoms with Gasteiger partial charge in [0.05, 0.1) is 12.6 Å². The van der Waals surface area contributed by atoms with E-state index in [2.05, 4.69) is 15.4 Å². The predicted molar refractivity (Wildman–Crippen MR) is 87.7 cm³/mol. The molecule has 24 heavy (non-hydrogen) atoms. The fourth-order valence-electron chi connectivity index (χ4n) is 3.42. The molecule has 1 amide bonds. The van der Waals surface area contributed by atoms with Crippen molar-refractivity contribution in [3.63, 3.8) is 0 Å². The Bertz CT molecular complexity index is 544. The molecule has 2 fully saturated rings. The molecule has 0 aromatic carbocycles. The van der Waals surface area contributed by atoms with E-state index in [-0.39, 0.29) is 12.5 Å². The predicted octanol–water partition coefficient (Wildman–Crippen LogP) is 0.0790. The van der Waals surface area contributed by atoms with Crippen LogP contribution in [0.2, 0.25) is 0 Å². The lowest BCUT2D eigenvalue weighted by Crippen LogP contribution is -2.43. The Hall–Kier alpha value is -1.48. The monoisotopic (exact) mass is 338 g/mol. The van der Waals surface area contributed by atoms with Crippen LogP contribution in [0.4, 0.5) is 5.82 Å². The summed E-state index contributed by atoms with van der Waals surface area (Å²) in [5, 5.41) is 16.8. The van der Waals surface area contributed by atoms with Crippen LogP contribution in [0, 0.1) is 6.92 Å². The van der Waals surface area contributed by atoms with Gasteiger partial charge in [0.1, 0.15) is 5.76 Å². The zero-order valence-corrected chi connectivity index (χ0v) is 14.1. The van der Waals surface area contributed by atoms with Crippen LogP contribution < -0.4 is 5.32 Å². The average Bonchev–Trinajstić information content (AvgIpc) is 2.86. The molecule has 0 aliphatic carbocycles. The minimum atomic E-state index is -0.447. The fraction of sp³-hybridized carbons (Fsp3) is 0.750. The van der Waals surface area contributed by atoms with Gasteiger partial charge in [-0.3, -0.25) is 14.6 Å². The van der Waals surface area contributed by atoms with E-state index in [0.717, 1.165) is 39.1 Å². The van der Waals surface area contributed by atoms with Crippen molar-refractivity contribution in [3.8, 4) is 0 Å². The van der Waals surface area contributed by atoms with Gasteiger partial charge in [-0.25, -0.2) is 0 Å². The second-order valence-corrected chi connectivity index (χ2v) is 6.60. The number of amides is 1. The number of carbonyl (C=O) groups excluding carboxylic acids is 1. The lowest BCUT2D eigenvalue weighted by molar-refractivity contribution is -0.117. The second kappa shape index (κ2) is 8.06. The van der Waals surface area contributed by atoms with E-state index >= 15 is 0 Å². The largest absolute Gasteiger partial charge is 0.390 e. The summed E-state index contributed by atoms with van der Waals surface area (Å²) in [6.07, 6.45) is 1.58. The number of rotatable bonds is 4. The van der Waals surface area contributed by atoms with Crippen LogP contribution in [0.25, 0.3) is 0 Å². The van der Waals surface area contributed by atoms with Crippen molar-refractivity contribution in [2.75, 3.05) is 51.3 Å². The topological polar surface area (TPSA) is 91.1 Å². The number of aromatic nitrogens is 1. The third-order valence-electron chi connectivity index (χ3n) is 4.59. The van der Waals surface area contributed by atoms with Crippen molar-refractivity contribution < 1.29 is 19.2 Å². The van der Waals surface area contributed by atoms with Crippen LogP contribution in [0.15, 0.2) is 10.6 Å². The van der Waals surface area contributed by atoms with E-state index in [0.29, 0.717) is 30.7 Å². The number of anilines is 1. The van der Waals surface area contributed by atoms with Crippen LogP contribution in [0.3, 0.4) is 0 Å². The molecule has 8 heteroatoms. The van der Waals surface area contributed by atoms with Gasteiger partial charge < -0.3 is 19.7 Å². The number of aliphatic hydroxyl groups excluding tert-OH is 1. The van der Waals surface area contributed by atoms with E-state index < -0.39 is 6.10 Å². The highest BCUT2D eigenvalue weighted by atomic mass is 16.5. The lowest BCUT2D eigenvalue weighted by Gasteiger charge is -2.33. The maximum Gasteiger partial charge on any atom is 0.239 e. The zero-order valence-electron chi connectivity index (χ0n) is 14.1. The van der Waals surface area contributed by atoms with E-state index in [1.54, 1.807) is 13.0 Å². The highest BCUT2D eigenvalue weighted by molar-refractivity contribution is 5.91. The summed E-state index contributed by atoms with van der Waals surface area (Å²) >= 11 is 0. The van der Waals surface area contributed by atoms with Gasteiger partial charge >= 0.3 is 0 Å². The number of nitrogens with zero attached hydrogens (tertiary/aromatic N) is 3. The number of ether oxygens (including phenoxy) is 1. The van der Waals surface area contributed by atoms with Gasteiger partial charge in [0.25, 0.3) is 0 Å². The summed E-state index contributed by atoms with van der Waals surface area (Å²) in [4.78, 5) is 16.5. The molecule has 0 bridgehead atoms. The van der Waals surface area contributed by atoms with Crippen molar-refractivity contribution in [1.29, 1.82) is 0 Å². The smallest absolute Gasteiger partial charge is 0.239 e. The van der Waals surface area contributed by atoms with Crippen LogP contribution in [0.5, 0.6) is 0 Å². The van der Waals surface area contributed by atoms with Crippen molar-refractivity contribution >= 4 is 11.7 Å². The normalized spacial score (nSPS) is 24.7. The molecule has 0 unspecified atom stereocenters. The molecular weight excluding hydrogens is 312 g/mol. The molecule has 2 aliphatic heterocycles.